The first-order chi connectivity index (χ1) is 11.8. The second kappa shape index (κ2) is 7.45. The third-order valence-electron chi connectivity index (χ3n) is 3.69. The maximum absolute atomic E-state index is 4.57. The predicted octanol–water partition coefficient (Wildman–Crippen LogP) is 1.47. The molecule has 2 N–H and O–H groups in total. The molecule has 1 aromatic carbocycles. The third-order valence-corrected chi connectivity index (χ3v) is 3.69. The molecule has 0 bridgehead atoms. The monoisotopic (exact) mass is 323 g/mol. The second-order valence-corrected chi connectivity index (χ2v) is 5.31. The lowest BCUT2D eigenvalue weighted by Crippen LogP contribution is -2.36. The van der Waals surface area contributed by atoms with E-state index in [-0.39, 0.29) is 0 Å². The van der Waals surface area contributed by atoms with E-state index in [1.165, 1.54) is 0 Å². The van der Waals surface area contributed by atoms with Crippen molar-refractivity contribution in [1.29, 1.82) is 0 Å². The fourth-order valence-corrected chi connectivity index (χ4v) is 2.32. The molecule has 2 heterocycles. The van der Waals surface area contributed by atoms with Crippen molar-refractivity contribution in [2.24, 2.45) is 12.0 Å². The van der Waals surface area contributed by atoms with Crippen molar-refractivity contribution in [3.63, 3.8) is 0 Å². The third kappa shape index (κ3) is 3.81. The van der Waals surface area contributed by atoms with Gasteiger partial charge < -0.3 is 10.6 Å². The molecule has 0 saturated carbocycles. The first kappa shape index (κ1) is 15.8. The highest BCUT2D eigenvalue weighted by Crippen LogP contribution is 2.06. The Bertz CT molecular complexity index is 801. The Morgan fingerprint density at radius 2 is 1.88 bits per heavy atom. The summed E-state index contributed by atoms with van der Waals surface area (Å²) >= 11 is 0. The van der Waals surface area contributed by atoms with E-state index in [4.69, 9.17) is 0 Å². The second-order valence-electron chi connectivity index (χ2n) is 5.31. The molecule has 7 heteroatoms. The fourth-order valence-electron chi connectivity index (χ4n) is 2.32. The van der Waals surface area contributed by atoms with E-state index in [0.717, 1.165) is 23.0 Å². The van der Waals surface area contributed by atoms with Crippen molar-refractivity contribution in [2.45, 2.75) is 13.1 Å². The van der Waals surface area contributed by atoms with E-state index in [2.05, 4.69) is 25.8 Å². The van der Waals surface area contributed by atoms with Crippen LogP contribution in [-0.4, -0.2) is 32.6 Å². The van der Waals surface area contributed by atoms with Gasteiger partial charge >= 0.3 is 0 Å². The van der Waals surface area contributed by atoms with Crippen molar-refractivity contribution in [3.05, 3.63) is 66.2 Å². The topological polar surface area (TPSA) is 72.1 Å². The van der Waals surface area contributed by atoms with Crippen molar-refractivity contribution in [1.82, 2.24) is 30.2 Å². The molecule has 7 nitrogen and oxygen atoms in total. The van der Waals surface area contributed by atoms with E-state index < -0.39 is 0 Å². The van der Waals surface area contributed by atoms with Crippen LogP contribution < -0.4 is 10.6 Å². The van der Waals surface area contributed by atoms with Gasteiger partial charge in [0, 0.05) is 26.5 Å². The quantitative estimate of drug-likeness (QED) is 0.551. The highest BCUT2D eigenvalue weighted by molar-refractivity contribution is 5.79. The molecule has 2 aromatic heterocycles. The van der Waals surface area contributed by atoms with Crippen LogP contribution in [-0.2, 0) is 20.1 Å². The molecule has 24 heavy (non-hydrogen) atoms. The van der Waals surface area contributed by atoms with Crippen LogP contribution in [0.15, 0.2) is 59.9 Å². The lowest BCUT2D eigenvalue weighted by molar-refractivity contribution is 0.682. The molecule has 0 atom stereocenters. The van der Waals surface area contributed by atoms with Gasteiger partial charge in [0.2, 0.25) is 0 Å². The standard InChI is InChI=1S/C17H21N7/c1-18-17(20-13-16-8-10-21-23(16)2)19-12-14-9-11-24(22-14)15-6-4-3-5-7-15/h3-11H,12-13H2,1-2H3,(H2,18,19,20). The molecular formula is C17H21N7. The largest absolute Gasteiger partial charge is 0.351 e. The number of nitrogens with zero attached hydrogens (tertiary/aromatic N) is 5. The Balaban J connectivity index is 1.54. The van der Waals surface area contributed by atoms with E-state index in [9.17, 15) is 0 Å². The zero-order valence-corrected chi connectivity index (χ0v) is 13.8. The molecule has 0 amide bonds. The van der Waals surface area contributed by atoms with E-state index in [1.807, 2.05) is 65.1 Å². The Morgan fingerprint density at radius 1 is 1.08 bits per heavy atom. The fraction of sp³-hybridized carbons (Fsp3) is 0.235. The molecule has 0 spiro atoms. The van der Waals surface area contributed by atoms with Crippen molar-refractivity contribution < 1.29 is 0 Å². The number of rotatable bonds is 5. The van der Waals surface area contributed by atoms with Crippen LogP contribution in [0.3, 0.4) is 0 Å². The number of aromatic nitrogens is 4. The van der Waals surface area contributed by atoms with Crippen LogP contribution >= 0.6 is 0 Å². The van der Waals surface area contributed by atoms with Gasteiger partial charge in [-0.2, -0.15) is 10.2 Å². The van der Waals surface area contributed by atoms with Crippen molar-refractivity contribution in [2.75, 3.05) is 7.05 Å². The van der Waals surface area contributed by atoms with Gasteiger partial charge in [-0.1, -0.05) is 18.2 Å². The van der Waals surface area contributed by atoms with Crippen LogP contribution in [0.4, 0.5) is 0 Å². The van der Waals surface area contributed by atoms with E-state index in [1.54, 1.807) is 13.2 Å². The molecule has 0 radical (unpaired) electrons. The Morgan fingerprint density at radius 3 is 2.58 bits per heavy atom. The smallest absolute Gasteiger partial charge is 0.191 e. The number of para-hydroxylation sites is 1. The van der Waals surface area contributed by atoms with Gasteiger partial charge in [0.05, 0.1) is 30.2 Å². The molecule has 0 unspecified atom stereocenters. The number of hydrogen-bond acceptors (Lipinski definition) is 3. The zero-order chi connectivity index (χ0) is 16.8. The zero-order valence-electron chi connectivity index (χ0n) is 13.8. The van der Waals surface area contributed by atoms with Gasteiger partial charge in [-0.15, -0.1) is 0 Å². The summed E-state index contributed by atoms with van der Waals surface area (Å²) in [4.78, 5) is 4.23. The number of benzene rings is 1. The molecule has 0 fully saturated rings. The van der Waals surface area contributed by atoms with Crippen LogP contribution in [0.1, 0.15) is 11.4 Å². The number of aliphatic imine (C=N–C) groups is 1. The summed E-state index contributed by atoms with van der Waals surface area (Å²) < 4.78 is 3.70. The molecular weight excluding hydrogens is 302 g/mol. The van der Waals surface area contributed by atoms with Crippen LogP contribution in [0, 0.1) is 0 Å². The summed E-state index contributed by atoms with van der Waals surface area (Å²) in [5, 5.41) is 15.2. The summed E-state index contributed by atoms with van der Waals surface area (Å²) in [6, 6.07) is 14.0. The lowest BCUT2D eigenvalue weighted by Gasteiger charge is -2.11. The summed E-state index contributed by atoms with van der Waals surface area (Å²) in [5.41, 5.74) is 3.08. The maximum Gasteiger partial charge on any atom is 0.191 e. The number of hydrogen-bond donors (Lipinski definition) is 2. The minimum absolute atomic E-state index is 0.602. The SMILES string of the molecule is CN=C(NCc1ccn(-c2ccccc2)n1)NCc1ccnn1C. The number of aryl methyl sites for hydroxylation is 1. The Kier molecular flexibility index (Phi) is 4.90. The van der Waals surface area contributed by atoms with Gasteiger partial charge in [-0.3, -0.25) is 9.67 Å². The van der Waals surface area contributed by atoms with Gasteiger partial charge in [0.1, 0.15) is 0 Å². The van der Waals surface area contributed by atoms with Crippen molar-refractivity contribution in [3.8, 4) is 5.69 Å². The highest BCUT2D eigenvalue weighted by Gasteiger charge is 2.04. The molecule has 0 aliphatic rings. The summed E-state index contributed by atoms with van der Waals surface area (Å²) in [5.74, 6) is 0.727. The van der Waals surface area contributed by atoms with Crippen molar-refractivity contribution >= 4 is 5.96 Å². The minimum Gasteiger partial charge on any atom is -0.351 e. The molecule has 3 aromatic rings. The first-order valence-electron chi connectivity index (χ1n) is 7.77. The predicted molar refractivity (Wildman–Crippen MR) is 93.8 cm³/mol. The van der Waals surface area contributed by atoms with Gasteiger partial charge in [-0.25, -0.2) is 4.68 Å². The van der Waals surface area contributed by atoms with Gasteiger partial charge in [0.25, 0.3) is 0 Å². The highest BCUT2D eigenvalue weighted by atomic mass is 15.3. The van der Waals surface area contributed by atoms with Gasteiger partial charge in [0.15, 0.2) is 5.96 Å². The summed E-state index contributed by atoms with van der Waals surface area (Å²) in [6.45, 7) is 1.26. The van der Waals surface area contributed by atoms with Gasteiger partial charge in [-0.05, 0) is 24.3 Å². The molecule has 0 aliphatic heterocycles. The van der Waals surface area contributed by atoms with Crippen LogP contribution in [0.2, 0.25) is 0 Å². The van der Waals surface area contributed by atoms with E-state index >= 15 is 0 Å². The van der Waals surface area contributed by atoms with E-state index in [0.29, 0.717) is 13.1 Å². The number of nitrogens with one attached hydrogen (secondary N) is 2. The maximum atomic E-state index is 4.57. The van der Waals surface area contributed by atoms with Crippen LogP contribution in [0.5, 0.6) is 0 Å². The molecule has 124 valence electrons. The molecule has 3 rings (SSSR count). The average Bonchev–Trinajstić information content (AvgIpc) is 3.25. The minimum atomic E-state index is 0.602. The Hall–Kier alpha value is -3.09. The first-order valence-corrected chi connectivity index (χ1v) is 7.77. The lowest BCUT2D eigenvalue weighted by atomic mass is 10.3. The normalized spacial score (nSPS) is 11.5. The summed E-state index contributed by atoms with van der Waals surface area (Å²) in [6.07, 6.45) is 3.74. The Labute approximate surface area is 141 Å². The average molecular weight is 323 g/mol. The number of guanidine groups is 1. The summed E-state index contributed by atoms with van der Waals surface area (Å²) in [7, 11) is 3.67. The van der Waals surface area contributed by atoms with Crippen LogP contribution in [0.25, 0.3) is 5.69 Å². The molecule has 0 aliphatic carbocycles. The molecule has 0 saturated heterocycles.